The summed E-state index contributed by atoms with van der Waals surface area (Å²) in [6, 6.07) is 7.63. The van der Waals surface area contributed by atoms with Gasteiger partial charge in [0.2, 0.25) is 10.0 Å². The third-order valence-corrected chi connectivity index (χ3v) is 5.90. The van der Waals surface area contributed by atoms with Gasteiger partial charge < -0.3 is 4.90 Å². The van der Waals surface area contributed by atoms with Crippen molar-refractivity contribution < 1.29 is 8.42 Å². The van der Waals surface area contributed by atoms with Crippen molar-refractivity contribution in [1.29, 1.82) is 0 Å². The Labute approximate surface area is 130 Å². The second-order valence-corrected chi connectivity index (χ2v) is 7.57. The zero-order chi connectivity index (χ0) is 14.6. The molecule has 0 spiro atoms. The number of hydrogen-bond acceptors (Lipinski definition) is 3. The highest BCUT2D eigenvalue weighted by Crippen LogP contribution is 2.26. The second-order valence-electron chi connectivity index (χ2n) is 4.70. The molecule has 1 aliphatic heterocycles. The Morgan fingerprint density at radius 3 is 2.35 bits per heavy atom. The molecule has 2 rings (SSSR count). The molecule has 0 N–H and O–H groups in total. The van der Waals surface area contributed by atoms with Crippen LogP contribution < -0.4 is 4.90 Å². The quantitative estimate of drug-likeness (QED) is 0.775. The summed E-state index contributed by atoms with van der Waals surface area (Å²) in [5, 5.41) is 0.700. The van der Waals surface area contributed by atoms with Crippen molar-refractivity contribution in [2.45, 2.75) is 6.42 Å². The zero-order valence-corrected chi connectivity index (χ0v) is 13.5. The molecule has 1 saturated heterocycles. The van der Waals surface area contributed by atoms with E-state index in [0.717, 1.165) is 5.69 Å². The lowest BCUT2D eigenvalue weighted by atomic mass is 10.2. The van der Waals surface area contributed by atoms with Crippen molar-refractivity contribution in [2.24, 2.45) is 0 Å². The SMILES string of the molecule is O=S(=O)(CCCCl)N1CCN(c2ccccc2Cl)CC1. The molecule has 0 aromatic heterocycles. The van der Waals surface area contributed by atoms with E-state index in [1.165, 1.54) is 0 Å². The predicted octanol–water partition coefficient (Wildman–Crippen LogP) is 2.42. The lowest BCUT2D eigenvalue weighted by molar-refractivity contribution is 0.385. The maximum absolute atomic E-state index is 12.1. The smallest absolute Gasteiger partial charge is 0.214 e. The number of sulfonamides is 1. The van der Waals surface area contributed by atoms with Crippen molar-refractivity contribution in [3.63, 3.8) is 0 Å². The van der Waals surface area contributed by atoms with Crippen LogP contribution in [-0.2, 0) is 10.0 Å². The van der Waals surface area contributed by atoms with E-state index >= 15 is 0 Å². The monoisotopic (exact) mass is 336 g/mol. The fourth-order valence-corrected chi connectivity index (χ4v) is 4.32. The molecule has 0 radical (unpaired) electrons. The first-order chi connectivity index (χ1) is 9.54. The van der Waals surface area contributed by atoms with Gasteiger partial charge >= 0.3 is 0 Å². The third kappa shape index (κ3) is 3.79. The molecule has 1 heterocycles. The first-order valence-electron chi connectivity index (χ1n) is 6.58. The van der Waals surface area contributed by atoms with Crippen LogP contribution in [0, 0.1) is 0 Å². The van der Waals surface area contributed by atoms with Gasteiger partial charge in [0.1, 0.15) is 0 Å². The number of rotatable bonds is 5. The molecule has 112 valence electrons. The Kier molecular flexibility index (Phi) is 5.55. The Bertz CT molecular complexity index is 543. The number of hydrogen-bond donors (Lipinski definition) is 0. The summed E-state index contributed by atoms with van der Waals surface area (Å²) < 4.78 is 25.7. The summed E-state index contributed by atoms with van der Waals surface area (Å²) in [6.07, 6.45) is 0.495. The topological polar surface area (TPSA) is 40.6 Å². The van der Waals surface area contributed by atoms with Crippen molar-refractivity contribution in [1.82, 2.24) is 4.31 Å². The first-order valence-corrected chi connectivity index (χ1v) is 9.10. The molecule has 4 nitrogen and oxygen atoms in total. The summed E-state index contributed by atoms with van der Waals surface area (Å²) in [4.78, 5) is 2.12. The molecule has 7 heteroatoms. The zero-order valence-electron chi connectivity index (χ0n) is 11.1. The summed E-state index contributed by atoms with van der Waals surface area (Å²) in [7, 11) is -3.17. The van der Waals surface area contributed by atoms with Gasteiger partial charge in [-0.15, -0.1) is 11.6 Å². The fourth-order valence-electron chi connectivity index (χ4n) is 2.28. The molecule has 1 aromatic rings. The van der Waals surface area contributed by atoms with Crippen LogP contribution in [0.15, 0.2) is 24.3 Å². The van der Waals surface area contributed by atoms with E-state index in [4.69, 9.17) is 23.2 Å². The van der Waals surface area contributed by atoms with E-state index in [1.807, 2.05) is 24.3 Å². The second kappa shape index (κ2) is 6.98. The molecular weight excluding hydrogens is 319 g/mol. The number of benzene rings is 1. The highest BCUT2D eigenvalue weighted by Gasteiger charge is 2.26. The van der Waals surface area contributed by atoms with Crippen LogP contribution in [0.2, 0.25) is 5.02 Å². The number of anilines is 1. The van der Waals surface area contributed by atoms with Gasteiger partial charge in [-0.05, 0) is 18.6 Å². The highest BCUT2D eigenvalue weighted by atomic mass is 35.5. The number of halogens is 2. The van der Waals surface area contributed by atoms with E-state index in [9.17, 15) is 8.42 Å². The molecule has 0 saturated carbocycles. The predicted molar refractivity (Wildman–Crippen MR) is 84.4 cm³/mol. The van der Waals surface area contributed by atoms with E-state index in [-0.39, 0.29) is 5.75 Å². The highest BCUT2D eigenvalue weighted by molar-refractivity contribution is 7.89. The lowest BCUT2D eigenvalue weighted by Gasteiger charge is -2.35. The minimum Gasteiger partial charge on any atom is -0.368 e. The van der Waals surface area contributed by atoms with Crippen LogP contribution in [0.4, 0.5) is 5.69 Å². The van der Waals surface area contributed by atoms with Crippen molar-refractivity contribution >= 4 is 38.9 Å². The van der Waals surface area contributed by atoms with Crippen LogP contribution in [0.5, 0.6) is 0 Å². The minimum atomic E-state index is -3.17. The molecule has 1 aliphatic rings. The molecule has 0 atom stereocenters. The largest absolute Gasteiger partial charge is 0.368 e. The standard InChI is InChI=1S/C13H18Cl2N2O2S/c14-6-3-11-20(18,19)17-9-7-16(8-10-17)13-5-2-1-4-12(13)15/h1-2,4-5H,3,6-11H2. The molecule has 0 bridgehead atoms. The van der Waals surface area contributed by atoms with Crippen molar-refractivity contribution in [3.05, 3.63) is 29.3 Å². The van der Waals surface area contributed by atoms with Gasteiger partial charge in [-0.2, -0.15) is 4.31 Å². The summed E-state index contributed by atoms with van der Waals surface area (Å²) >= 11 is 11.7. The number of para-hydroxylation sites is 1. The van der Waals surface area contributed by atoms with Gasteiger partial charge in [0.25, 0.3) is 0 Å². The van der Waals surface area contributed by atoms with Gasteiger partial charge in [-0.25, -0.2) is 8.42 Å². The summed E-state index contributed by atoms with van der Waals surface area (Å²) in [5.41, 5.74) is 0.965. The molecule has 1 fully saturated rings. The lowest BCUT2D eigenvalue weighted by Crippen LogP contribution is -2.49. The fraction of sp³-hybridized carbons (Fsp3) is 0.538. The Hall–Kier alpha value is -0.490. The molecular formula is C13H18Cl2N2O2S. The van der Waals surface area contributed by atoms with E-state index in [0.29, 0.717) is 43.5 Å². The molecule has 0 aliphatic carbocycles. The summed E-state index contributed by atoms with van der Waals surface area (Å²) in [6.45, 7) is 2.30. The average Bonchev–Trinajstić information content (AvgIpc) is 2.46. The van der Waals surface area contributed by atoms with Crippen molar-refractivity contribution in [2.75, 3.05) is 42.7 Å². The molecule has 1 aromatic carbocycles. The third-order valence-electron chi connectivity index (χ3n) is 3.36. The Balaban J connectivity index is 1.98. The minimum absolute atomic E-state index is 0.128. The maximum Gasteiger partial charge on any atom is 0.214 e. The van der Waals surface area contributed by atoms with E-state index in [1.54, 1.807) is 4.31 Å². The van der Waals surface area contributed by atoms with Crippen LogP contribution >= 0.6 is 23.2 Å². The summed E-state index contributed by atoms with van der Waals surface area (Å²) in [5.74, 6) is 0.501. The van der Waals surface area contributed by atoms with Crippen molar-refractivity contribution in [3.8, 4) is 0 Å². The molecule has 0 unspecified atom stereocenters. The number of piperazine rings is 1. The van der Waals surface area contributed by atoms with Crippen LogP contribution in [0.3, 0.4) is 0 Å². The van der Waals surface area contributed by atoms with Gasteiger partial charge in [-0.3, -0.25) is 0 Å². The average molecular weight is 337 g/mol. The van der Waals surface area contributed by atoms with E-state index in [2.05, 4.69) is 4.90 Å². The normalized spacial score (nSPS) is 17.4. The van der Waals surface area contributed by atoms with Crippen LogP contribution in [0.25, 0.3) is 0 Å². The van der Waals surface area contributed by atoms with E-state index < -0.39 is 10.0 Å². The van der Waals surface area contributed by atoms with Gasteiger partial charge in [-0.1, -0.05) is 23.7 Å². The molecule has 20 heavy (non-hydrogen) atoms. The van der Waals surface area contributed by atoms with Gasteiger partial charge in [0.05, 0.1) is 16.5 Å². The Morgan fingerprint density at radius 1 is 1.10 bits per heavy atom. The van der Waals surface area contributed by atoms with Crippen LogP contribution in [0.1, 0.15) is 6.42 Å². The maximum atomic E-state index is 12.1. The van der Waals surface area contributed by atoms with Gasteiger partial charge in [0.15, 0.2) is 0 Å². The first kappa shape index (κ1) is 15.9. The van der Waals surface area contributed by atoms with Gasteiger partial charge in [0, 0.05) is 32.1 Å². The van der Waals surface area contributed by atoms with Crippen LogP contribution in [-0.4, -0.2) is 50.5 Å². The number of nitrogens with zero attached hydrogens (tertiary/aromatic N) is 2. The Morgan fingerprint density at radius 2 is 1.75 bits per heavy atom. The number of alkyl halides is 1. The molecule has 0 amide bonds.